The maximum atomic E-state index is 12.0. The van der Waals surface area contributed by atoms with Gasteiger partial charge in [-0.2, -0.15) is 0 Å². The number of imide groups is 1. The SMILES string of the molecule is O=C(O)CC1NC(=O)N(Cc2ccc3c(c2)OCO3)C1=O. The van der Waals surface area contributed by atoms with Crippen LogP contribution in [0.1, 0.15) is 12.0 Å². The molecular weight excluding hydrogens is 280 g/mol. The number of ether oxygens (including phenoxy) is 2. The molecule has 0 radical (unpaired) electrons. The van der Waals surface area contributed by atoms with E-state index in [1.54, 1.807) is 18.2 Å². The number of urea groups is 1. The van der Waals surface area contributed by atoms with Crippen molar-refractivity contribution in [3.63, 3.8) is 0 Å². The molecule has 0 aromatic heterocycles. The molecule has 1 aromatic carbocycles. The van der Waals surface area contributed by atoms with Crippen LogP contribution in [0.5, 0.6) is 11.5 Å². The summed E-state index contributed by atoms with van der Waals surface area (Å²) in [5.41, 5.74) is 0.693. The minimum absolute atomic E-state index is 0.0530. The zero-order valence-corrected chi connectivity index (χ0v) is 10.9. The van der Waals surface area contributed by atoms with Crippen LogP contribution in [0.2, 0.25) is 0 Å². The van der Waals surface area contributed by atoms with Gasteiger partial charge in [0.1, 0.15) is 6.04 Å². The Morgan fingerprint density at radius 3 is 2.86 bits per heavy atom. The van der Waals surface area contributed by atoms with E-state index in [0.29, 0.717) is 17.1 Å². The Morgan fingerprint density at radius 1 is 1.33 bits per heavy atom. The first-order valence-corrected chi connectivity index (χ1v) is 6.27. The molecule has 8 heteroatoms. The van der Waals surface area contributed by atoms with Crippen LogP contribution in [0.25, 0.3) is 0 Å². The summed E-state index contributed by atoms with van der Waals surface area (Å²) in [5.74, 6) is -0.514. The number of rotatable bonds is 4. The lowest BCUT2D eigenvalue weighted by Crippen LogP contribution is -2.32. The number of hydrogen-bond acceptors (Lipinski definition) is 5. The lowest BCUT2D eigenvalue weighted by molar-refractivity contribution is -0.140. The number of carboxylic acid groups (broad SMARTS) is 1. The zero-order chi connectivity index (χ0) is 15.0. The summed E-state index contributed by atoms with van der Waals surface area (Å²) in [6, 6.07) is 3.50. The van der Waals surface area contributed by atoms with Crippen molar-refractivity contribution in [1.29, 1.82) is 0 Å². The maximum absolute atomic E-state index is 12.0. The Balaban J connectivity index is 1.74. The number of carbonyl (C=O) groups is 3. The molecule has 1 unspecified atom stereocenters. The molecule has 3 rings (SSSR count). The highest BCUT2D eigenvalue weighted by atomic mass is 16.7. The Labute approximate surface area is 119 Å². The summed E-state index contributed by atoms with van der Waals surface area (Å²) in [7, 11) is 0. The molecule has 1 atom stereocenters. The summed E-state index contributed by atoms with van der Waals surface area (Å²) in [4.78, 5) is 35.4. The van der Waals surface area contributed by atoms with E-state index in [2.05, 4.69) is 5.32 Å². The van der Waals surface area contributed by atoms with Crippen LogP contribution in [0.4, 0.5) is 4.79 Å². The van der Waals surface area contributed by atoms with Crippen LogP contribution < -0.4 is 14.8 Å². The molecule has 3 amide bonds. The Kier molecular flexibility index (Phi) is 3.13. The van der Waals surface area contributed by atoms with Crippen LogP contribution in [-0.2, 0) is 16.1 Å². The molecule has 0 bridgehead atoms. The van der Waals surface area contributed by atoms with Gasteiger partial charge in [-0.1, -0.05) is 6.07 Å². The fourth-order valence-corrected chi connectivity index (χ4v) is 2.26. The summed E-state index contributed by atoms with van der Waals surface area (Å²) < 4.78 is 10.4. The second-order valence-electron chi connectivity index (χ2n) is 4.71. The van der Waals surface area contributed by atoms with Crippen LogP contribution in [0.15, 0.2) is 18.2 Å². The van der Waals surface area contributed by atoms with Gasteiger partial charge in [0.2, 0.25) is 6.79 Å². The number of carboxylic acids is 1. The molecule has 21 heavy (non-hydrogen) atoms. The van der Waals surface area contributed by atoms with Gasteiger partial charge in [-0.15, -0.1) is 0 Å². The molecule has 1 aromatic rings. The molecule has 1 saturated heterocycles. The van der Waals surface area contributed by atoms with Crippen molar-refractivity contribution in [1.82, 2.24) is 10.2 Å². The molecule has 8 nitrogen and oxygen atoms in total. The molecule has 0 saturated carbocycles. The molecule has 2 N–H and O–H groups in total. The zero-order valence-electron chi connectivity index (χ0n) is 10.9. The van der Waals surface area contributed by atoms with E-state index in [1.807, 2.05) is 0 Å². The minimum atomic E-state index is -1.14. The molecule has 110 valence electrons. The van der Waals surface area contributed by atoms with E-state index >= 15 is 0 Å². The second-order valence-corrected chi connectivity index (χ2v) is 4.71. The summed E-state index contributed by atoms with van der Waals surface area (Å²) in [6.07, 6.45) is -0.428. The molecule has 2 aliphatic heterocycles. The highest BCUT2D eigenvalue weighted by Crippen LogP contribution is 2.33. The van der Waals surface area contributed by atoms with Crippen molar-refractivity contribution in [3.8, 4) is 11.5 Å². The third-order valence-electron chi connectivity index (χ3n) is 3.26. The van der Waals surface area contributed by atoms with Gasteiger partial charge in [-0.3, -0.25) is 14.5 Å². The molecule has 0 aliphatic carbocycles. The van der Waals surface area contributed by atoms with Crippen LogP contribution in [0.3, 0.4) is 0 Å². The number of amides is 3. The number of fused-ring (bicyclic) bond motifs is 1. The maximum Gasteiger partial charge on any atom is 0.325 e. The van der Waals surface area contributed by atoms with Crippen molar-refractivity contribution in [3.05, 3.63) is 23.8 Å². The van der Waals surface area contributed by atoms with E-state index in [1.165, 1.54) is 0 Å². The Hall–Kier alpha value is -2.77. The summed E-state index contributed by atoms with van der Waals surface area (Å²) >= 11 is 0. The van der Waals surface area contributed by atoms with E-state index < -0.39 is 30.4 Å². The number of carbonyl (C=O) groups excluding carboxylic acids is 2. The van der Waals surface area contributed by atoms with Gasteiger partial charge in [0.15, 0.2) is 11.5 Å². The first-order valence-electron chi connectivity index (χ1n) is 6.27. The average molecular weight is 292 g/mol. The van der Waals surface area contributed by atoms with Gasteiger partial charge in [0.25, 0.3) is 5.91 Å². The van der Waals surface area contributed by atoms with E-state index in [0.717, 1.165) is 4.90 Å². The number of nitrogens with zero attached hydrogens (tertiary/aromatic N) is 1. The van der Waals surface area contributed by atoms with Gasteiger partial charge < -0.3 is 19.9 Å². The van der Waals surface area contributed by atoms with Gasteiger partial charge >= 0.3 is 12.0 Å². The van der Waals surface area contributed by atoms with Crippen molar-refractivity contribution < 1.29 is 29.0 Å². The quantitative estimate of drug-likeness (QED) is 0.774. The molecule has 0 spiro atoms. The highest BCUT2D eigenvalue weighted by molar-refractivity contribution is 6.05. The lowest BCUT2D eigenvalue weighted by atomic mass is 10.1. The molecular formula is C13H12N2O6. The van der Waals surface area contributed by atoms with Gasteiger partial charge in [0.05, 0.1) is 13.0 Å². The van der Waals surface area contributed by atoms with Crippen molar-refractivity contribution >= 4 is 17.9 Å². The number of hydrogen-bond donors (Lipinski definition) is 2. The highest BCUT2D eigenvalue weighted by Gasteiger charge is 2.39. The fraction of sp³-hybridized carbons (Fsp3) is 0.308. The first-order chi connectivity index (χ1) is 10.0. The second kappa shape index (κ2) is 4.97. The fourth-order valence-electron chi connectivity index (χ4n) is 2.26. The largest absolute Gasteiger partial charge is 0.481 e. The third-order valence-corrected chi connectivity index (χ3v) is 3.26. The van der Waals surface area contributed by atoms with Crippen molar-refractivity contribution in [2.75, 3.05) is 6.79 Å². The Bertz CT molecular complexity index is 629. The van der Waals surface area contributed by atoms with Crippen molar-refractivity contribution in [2.45, 2.75) is 19.0 Å². The van der Waals surface area contributed by atoms with E-state index in [-0.39, 0.29) is 13.3 Å². The Morgan fingerprint density at radius 2 is 2.10 bits per heavy atom. The van der Waals surface area contributed by atoms with Crippen molar-refractivity contribution in [2.24, 2.45) is 0 Å². The van der Waals surface area contributed by atoms with Gasteiger partial charge in [0, 0.05) is 0 Å². The summed E-state index contributed by atoms with van der Waals surface area (Å²) in [5, 5.41) is 11.1. The van der Waals surface area contributed by atoms with E-state index in [9.17, 15) is 14.4 Å². The van der Waals surface area contributed by atoms with E-state index in [4.69, 9.17) is 14.6 Å². The van der Waals surface area contributed by atoms with Gasteiger partial charge in [-0.05, 0) is 17.7 Å². The number of nitrogens with one attached hydrogen (secondary N) is 1. The average Bonchev–Trinajstić information content (AvgIpc) is 2.98. The standard InChI is InChI=1S/C13H12N2O6/c16-11(17)4-8-12(18)15(13(19)14-8)5-7-1-2-9-10(3-7)21-6-20-9/h1-3,8H,4-6H2,(H,14,19)(H,16,17). The molecule has 2 aliphatic rings. The minimum Gasteiger partial charge on any atom is -0.481 e. The smallest absolute Gasteiger partial charge is 0.325 e. The lowest BCUT2D eigenvalue weighted by Gasteiger charge is -2.13. The topological polar surface area (TPSA) is 105 Å². The first kappa shape index (κ1) is 13.2. The summed E-state index contributed by atoms with van der Waals surface area (Å²) in [6.45, 7) is 0.194. The predicted octanol–water partition coefficient (Wildman–Crippen LogP) is 0.310. The molecule has 2 heterocycles. The van der Waals surface area contributed by atoms with Crippen LogP contribution in [0, 0.1) is 0 Å². The normalized spacial score (nSPS) is 19.8. The number of benzene rings is 1. The van der Waals surface area contributed by atoms with Crippen LogP contribution >= 0.6 is 0 Å². The predicted molar refractivity (Wildman–Crippen MR) is 67.7 cm³/mol. The third kappa shape index (κ3) is 2.47. The molecule has 1 fully saturated rings. The van der Waals surface area contributed by atoms with Gasteiger partial charge in [-0.25, -0.2) is 4.79 Å². The number of aliphatic carboxylic acids is 1. The van der Waals surface area contributed by atoms with Crippen LogP contribution in [-0.4, -0.2) is 40.7 Å². The monoisotopic (exact) mass is 292 g/mol.